The number of esters is 1. The lowest BCUT2D eigenvalue weighted by Gasteiger charge is -2.13. The van der Waals surface area contributed by atoms with Crippen LogP contribution >= 0.6 is 0 Å². The molecule has 1 aliphatic rings. The van der Waals surface area contributed by atoms with Crippen LogP contribution in [0.5, 0.6) is 11.5 Å². The highest BCUT2D eigenvalue weighted by atomic mass is 16.7. The average molecular weight is 389 g/mol. The van der Waals surface area contributed by atoms with Gasteiger partial charge in [0.2, 0.25) is 6.79 Å². The van der Waals surface area contributed by atoms with Crippen LogP contribution < -0.4 is 14.8 Å². The van der Waals surface area contributed by atoms with Gasteiger partial charge in [-0.1, -0.05) is 36.4 Å². The lowest BCUT2D eigenvalue weighted by molar-refractivity contribution is -0.148. The van der Waals surface area contributed by atoms with Crippen molar-refractivity contribution in [1.29, 1.82) is 0 Å². The van der Waals surface area contributed by atoms with Gasteiger partial charge in [-0.2, -0.15) is 0 Å². The molecule has 146 valence electrons. The lowest BCUT2D eigenvalue weighted by Crippen LogP contribution is -2.29. The maximum absolute atomic E-state index is 12.3. The van der Waals surface area contributed by atoms with Gasteiger partial charge in [-0.3, -0.25) is 4.79 Å². The van der Waals surface area contributed by atoms with Crippen molar-refractivity contribution in [3.8, 4) is 11.5 Å². The van der Waals surface area contributed by atoms with Crippen LogP contribution in [0.2, 0.25) is 0 Å². The van der Waals surface area contributed by atoms with E-state index in [1.165, 1.54) is 13.0 Å². The van der Waals surface area contributed by atoms with Crippen molar-refractivity contribution < 1.29 is 23.8 Å². The number of nitrogens with one attached hydrogen (secondary N) is 1. The fraction of sp³-hybridized carbons (Fsp3) is 0.130. The van der Waals surface area contributed by atoms with E-state index in [4.69, 9.17) is 14.2 Å². The molecule has 1 heterocycles. The second-order valence-corrected chi connectivity index (χ2v) is 6.58. The number of anilines is 1. The van der Waals surface area contributed by atoms with Gasteiger partial charge in [0.1, 0.15) is 0 Å². The van der Waals surface area contributed by atoms with Crippen molar-refractivity contribution in [2.45, 2.75) is 13.0 Å². The standard InChI is InChI=1S/C23H19NO5/c1-15(23(26)24-19-9-8-17-4-2-3-5-18(17)13-19)29-22(25)11-7-16-6-10-20-21(12-16)28-14-27-20/h2-13,15H,14H2,1H3,(H,24,26)/b11-7+. The Morgan fingerprint density at radius 2 is 1.79 bits per heavy atom. The highest BCUT2D eigenvalue weighted by molar-refractivity contribution is 5.98. The first-order valence-electron chi connectivity index (χ1n) is 9.16. The molecule has 1 aliphatic heterocycles. The van der Waals surface area contributed by atoms with Gasteiger partial charge in [0.05, 0.1) is 0 Å². The van der Waals surface area contributed by atoms with Gasteiger partial charge in [-0.05, 0) is 53.6 Å². The van der Waals surface area contributed by atoms with E-state index in [1.54, 1.807) is 24.3 Å². The van der Waals surface area contributed by atoms with Crippen molar-refractivity contribution in [2.24, 2.45) is 0 Å². The van der Waals surface area contributed by atoms with E-state index >= 15 is 0 Å². The summed E-state index contributed by atoms with van der Waals surface area (Å²) in [7, 11) is 0. The highest BCUT2D eigenvalue weighted by Gasteiger charge is 2.17. The van der Waals surface area contributed by atoms with Crippen LogP contribution in [0, 0.1) is 0 Å². The van der Waals surface area contributed by atoms with E-state index in [9.17, 15) is 9.59 Å². The first-order chi connectivity index (χ1) is 14.1. The van der Waals surface area contributed by atoms with Gasteiger partial charge in [-0.25, -0.2) is 4.79 Å². The molecule has 6 heteroatoms. The highest BCUT2D eigenvalue weighted by Crippen LogP contribution is 2.32. The summed E-state index contributed by atoms with van der Waals surface area (Å²) in [5.74, 6) is 0.293. The minimum atomic E-state index is -0.935. The van der Waals surface area contributed by atoms with Crippen molar-refractivity contribution in [2.75, 3.05) is 12.1 Å². The third kappa shape index (κ3) is 4.38. The van der Waals surface area contributed by atoms with E-state index in [0.717, 1.165) is 16.3 Å². The minimum absolute atomic E-state index is 0.189. The molecule has 0 saturated carbocycles. The van der Waals surface area contributed by atoms with Gasteiger partial charge in [0, 0.05) is 11.8 Å². The quantitative estimate of drug-likeness (QED) is 0.524. The monoisotopic (exact) mass is 389 g/mol. The Hall–Kier alpha value is -3.80. The fourth-order valence-corrected chi connectivity index (χ4v) is 2.96. The van der Waals surface area contributed by atoms with Crippen molar-refractivity contribution in [1.82, 2.24) is 0 Å². The number of carbonyl (C=O) groups excluding carboxylic acids is 2. The van der Waals surface area contributed by atoms with E-state index in [-0.39, 0.29) is 6.79 Å². The molecular formula is C23H19NO5. The third-order valence-electron chi connectivity index (χ3n) is 4.49. The molecule has 0 aromatic heterocycles. The van der Waals surface area contributed by atoms with Crippen LogP contribution in [0.4, 0.5) is 5.69 Å². The first kappa shape index (κ1) is 18.6. The molecule has 0 bridgehead atoms. The molecule has 3 aromatic carbocycles. The van der Waals surface area contributed by atoms with Crippen LogP contribution in [0.15, 0.2) is 66.7 Å². The van der Waals surface area contributed by atoms with Gasteiger partial charge in [-0.15, -0.1) is 0 Å². The Kier molecular flexibility index (Phi) is 5.16. The summed E-state index contributed by atoms with van der Waals surface area (Å²) >= 11 is 0. The maximum atomic E-state index is 12.3. The van der Waals surface area contributed by atoms with Gasteiger partial charge in [0.25, 0.3) is 5.91 Å². The Morgan fingerprint density at radius 1 is 1.00 bits per heavy atom. The number of hydrogen-bond acceptors (Lipinski definition) is 5. The van der Waals surface area contributed by atoms with Crippen LogP contribution in [0.1, 0.15) is 12.5 Å². The van der Waals surface area contributed by atoms with Crippen molar-refractivity contribution in [3.05, 3.63) is 72.3 Å². The molecule has 1 N–H and O–H groups in total. The topological polar surface area (TPSA) is 73.9 Å². The van der Waals surface area contributed by atoms with Crippen LogP contribution in [-0.2, 0) is 14.3 Å². The molecule has 3 aromatic rings. The summed E-state index contributed by atoms with van der Waals surface area (Å²) in [6.07, 6.45) is 1.94. The Balaban J connectivity index is 1.34. The predicted octanol–water partition coefficient (Wildman–Crippen LogP) is 4.15. The summed E-state index contributed by atoms with van der Waals surface area (Å²) < 4.78 is 15.7. The number of ether oxygens (including phenoxy) is 3. The Morgan fingerprint density at radius 3 is 2.66 bits per heavy atom. The summed E-state index contributed by atoms with van der Waals surface area (Å²) in [6.45, 7) is 1.72. The second kappa shape index (κ2) is 8.06. The van der Waals surface area contributed by atoms with Gasteiger partial charge >= 0.3 is 5.97 Å². The number of amides is 1. The molecule has 0 fully saturated rings. The molecule has 1 amide bonds. The van der Waals surface area contributed by atoms with Gasteiger partial charge in [0.15, 0.2) is 17.6 Å². The molecule has 0 aliphatic carbocycles. The molecule has 4 rings (SSSR count). The Bertz CT molecular complexity index is 1110. The lowest BCUT2D eigenvalue weighted by atomic mass is 10.1. The molecule has 0 spiro atoms. The van der Waals surface area contributed by atoms with E-state index in [0.29, 0.717) is 17.2 Å². The predicted molar refractivity (Wildman–Crippen MR) is 110 cm³/mol. The largest absolute Gasteiger partial charge is 0.454 e. The molecular weight excluding hydrogens is 370 g/mol. The summed E-state index contributed by atoms with van der Waals surface area (Å²) in [4.78, 5) is 24.4. The normalized spacial score (nSPS) is 13.4. The SMILES string of the molecule is CC(OC(=O)/C=C/c1ccc2c(c1)OCO2)C(=O)Nc1ccc2ccccc2c1. The molecule has 6 nitrogen and oxygen atoms in total. The fourth-order valence-electron chi connectivity index (χ4n) is 2.96. The van der Waals surface area contributed by atoms with Crippen molar-refractivity contribution in [3.63, 3.8) is 0 Å². The van der Waals surface area contributed by atoms with Gasteiger partial charge < -0.3 is 19.5 Å². The first-order valence-corrected chi connectivity index (χ1v) is 9.16. The number of benzene rings is 3. The number of carbonyl (C=O) groups is 2. The van der Waals surface area contributed by atoms with Crippen LogP contribution in [-0.4, -0.2) is 24.8 Å². The van der Waals surface area contributed by atoms with Crippen LogP contribution in [0.25, 0.3) is 16.8 Å². The summed E-state index contributed by atoms with van der Waals surface area (Å²) in [6, 6.07) is 18.8. The molecule has 0 saturated heterocycles. The summed E-state index contributed by atoms with van der Waals surface area (Å²) in [5.41, 5.74) is 1.41. The zero-order chi connectivity index (χ0) is 20.2. The summed E-state index contributed by atoms with van der Waals surface area (Å²) in [5, 5.41) is 4.87. The molecule has 29 heavy (non-hydrogen) atoms. The smallest absolute Gasteiger partial charge is 0.331 e. The molecule has 1 unspecified atom stereocenters. The van der Waals surface area contributed by atoms with E-state index in [2.05, 4.69) is 5.32 Å². The van der Waals surface area contributed by atoms with E-state index in [1.807, 2.05) is 42.5 Å². The van der Waals surface area contributed by atoms with E-state index < -0.39 is 18.0 Å². The number of hydrogen-bond donors (Lipinski definition) is 1. The Labute approximate surface area is 167 Å². The van der Waals surface area contributed by atoms with Crippen molar-refractivity contribution >= 4 is 34.4 Å². The maximum Gasteiger partial charge on any atom is 0.331 e. The second-order valence-electron chi connectivity index (χ2n) is 6.58. The van der Waals surface area contributed by atoms with Crippen LogP contribution in [0.3, 0.4) is 0 Å². The number of rotatable bonds is 5. The average Bonchev–Trinajstić information content (AvgIpc) is 3.20. The zero-order valence-electron chi connectivity index (χ0n) is 15.8. The third-order valence-corrected chi connectivity index (χ3v) is 4.49. The zero-order valence-corrected chi connectivity index (χ0v) is 15.8. The molecule has 1 atom stereocenters. The number of fused-ring (bicyclic) bond motifs is 2. The molecule has 0 radical (unpaired) electrons. The minimum Gasteiger partial charge on any atom is -0.454 e.